The fraction of sp³-hybridized carbons (Fsp3) is 0.294. The van der Waals surface area contributed by atoms with Crippen LogP contribution in [0.2, 0.25) is 0 Å². The molecule has 0 saturated heterocycles. The molecule has 22 heavy (non-hydrogen) atoms. The topological polar surface area (TPSA) is 63.8 Å². The number of carbonyl (C=O) groups is 1. The van der Waals surface area contributed by atoms with E-state index in [1.54, 1.807) is 13.2 Å². The number of anilines is 1. The zero-order valence-electron chi connectivity index (χ0n) is 12.6. The van der Waals surface area contributed by atoms with Crippen molar-refractivity contribution < 1.29 is 13.9 Å². The minimum Gasteiger partial charge on any atom is -0.467 e. The number of aliphatic imine (C=N–C) groups is 1. The summed E-state index contributed by atoms with van der Waals surface area (Å²) in [6.45, 7) is 3.98. The van der Waals surface area contributed by atoms with Crippen LogP contribution in [0.3, 0.4) is 0 Å². The van der Waals surface area contributed by atoms with Crippen LogP contribution in [0.1, 0.15) is 25.6 Å². The van der Waals surface area contributed by atoms with Gasteiger partial charge in [-0.2, -0.15) is 0 Å². The van der Waals surface area contributed by atoms with Crippen LogP contribution in [-0.2, 0) is 9.53 Å². The van der Waals surface area contributed by atoms with Gasteiger partial charge in [0.05, 0.1) is 24.2 Å². The number of hydrogen-bond donors (Lipinski definition) is 1. The lowest BCUT2D eigenvalue weighted by Crippen LogP contribution is -2.33. The van der Waals surface area contributed by atoms with Crippen molar-refractivity contribution in [3.63, 3.8) is 0 Å². The number of hydrogen-bond acceptors (Lipinski definition) is 5. The van der Waals surface area contributed by atoms with Crippen LogP contribution < -0.4 is 5.32 Å². The number of carbonyl (C=O) groups excluding carboxylic acids is 1. The number of nitrogens with one attached hydrogen (secondary N) is 1. The van der Waals surface area contributed by atoms with Gasteiger partial charge in [-0.15, -0.1) is 0 Å². The molecular formula is C17H18N2O3. The lowest BCUT2D eigenvalue weighted by Gasteiger charge is -2.23. The van der Waals surface area contributed by atoms with Gasteiger partial charge in [0.1, 0.15) is 17.7 Å². The van der Waals surface area contributed by atoms with Gasteiger partial charge in [0.2, 0.25) is 0 Å². The van der Waals surface area contributed by atoms with Crippen LogP contribution in [0.4, 0.5) is 11.4 Å². The van der Waals surface area contributed by atoms with Gasteiger partial charge in [0, 0.05) is 5.71 Å². The molecule has 2 heterocycles. The number of benzene rings is 1. The van der Waals surface area contributed by atoms with E-state index >= 15 is 0 Å². The maximum absolute atomic E-state index is 12.4. The maximum Gasteiger partial charge on any atom is 0.317 e. The van der Waals surface area contributed by atoms with Gasteiger partial charge in [-0.1, -0.05) is 12.1 Å². The fourth-order valence-electron chi connectivity index (χ4n) is 2.69. The minimum atomic E-state index is -0.529. The average Bonchev–Trinajstić information content (AvgIpc) is 2.98. The zero-order valence-corrected chi connectivity index (χ0v) is 12.6. The van der Waals surface area contributed by atoms with Crippen molar-refractivity contribution in [3.8, 4) is 0 Å². The molecular weight excluding hydrogens is 280 g/mol. The first-order valence-corrected chi connectivity index (χ1v) is 7.31. The second-order valence-electron chi connectivity index (χ2n) is 5.14. The van der Waals surface area contributed by atoms with E-state index in [4.69, 9.17) is 9.15 Å². The Bertz CT molecular complexity index is 692. The highest BCUT2D eigenvalue weighted by Gasteiger charge is 2.37. The molecule has 0 radical (unpaired) electrons. The molecule has 3 rings (SSSR count). The quantitative estimate of drug-likeness (QED) is 0.877. The van der Waals surface area contributed by atoms with Crippen molar-refractivity contribution in [1.29, 1.82) is 0 Å². The third-order valence-electron chi connectivity index (χ3n) is 3.69. The average molecular weight is 298 g/mol. The molecule has 0 fully saturated rings. The van der Waals surface area contributed by atoms with Crippen LogP contribution in [0.5, 0.6) is 0 Å². The molecule has 0 saturated carbocycles. The molecule has 0 bridgehead atoms. The molecule has 114 valence electrons. The maximum atomic E-state index is 12.4. The number of ether oxygens (including phenoxy) is 1. The van der Waals surface area contributed by atoms with Gasteiger partial charge in [-0.05, 0) is 38.1 Å². The summed E-state index contributed by atoms with van der Waals surface area (Å²) in [7, 11) is 0. The van der Waals surface area contributed by atoms with E-state index in [-0.39, 0.29) is 12.0 Å². The molecule has 0 spiro atoms. The minimum absolute atomic E-state index is 0.301. The van der Waals surface area contributed by atoms with Crippen molar-refractivity contribution in [3.05, 3.63) is 48.4 Å². The van der Waals surface area contributed by atoms with E-state index < -0.39 is 5.92 Å². The highest BCUT2D eigenvalue weighted by atomic mass is 16.5. The zero-order chi connectivity index (χ0) is 15.5. The van der Waals surface area contributed by atoms with Crippen molar-refractivity contribution in [2.75, 3.05) is 11.9 Å². The molecule has 1 aliphatic rings. The SMILES string of the molecule is CCOC(=O)C1C(C)=Nc2ccccc2NC1c1ccco1. The van der Waals surface area contributed by atoms with Crippen molar-refractivity contribution in [1.82, 2.24) is 0 Å². The highest BCUT2D eigenvalue weighted by Crippen LogP contribution is 2.37. The summed E-state index contributed by atoms with van der Waals surface area (Å²) in [5.74, 6) is -0.145. The Balaban J connectivity index is 2.07. The summed E-state index contributed by atoms with van der Waals surface area (Å²) >= 11 is 0. The van der Waals surface area contributed by atoms with Crippen LogP contribution >= 0.6 is 0 Å². The predicted molar refractivity (Wildman–Crippen MR) is 84.4 cm³/mol. The number of esters is 1. The smallest absolute Gasteiger partial charge is 0.317 e. The summed E-state index contributed by atoms with van der Waals surface area (Å²) in [6, 6.07) is 11.0. The molecule has 2 unspecified atom stereocenters. The number of rotatable bonds is 3. The molecule has 1 aromatic heterocycles. The van der Waals surface area contributed by atoms with Gasteiger partial charge >= 0.3 is 5.97 Å². The third-order valence-corrected chi connectivity index (χ3v) is 3.69. The summed E-state index contributed by atoms with van der Waals surface area (Å²) in [5, 5.41) is 3.37. The Kier molecular flexibility index (Phi) is 3.96. The number of para-hydroxylation sites is 2. The highest BCUT2D eigenvalue weighted by molar-refractivity contribution is 6.04. The number of nitrogens with zero attached hydrogens (tertiary/aromatic N) is 1. The van der Waals surface area contributed by atoms with Crippen molar-refractivity contribution in [2.24, 2.45) is 10.9 Å². The standard InChI is InChI=1S/C17H18N2O3/c1-3-21-17(20)15-11(2)18-12-7-4-5-8-13(12)19-16(15)14-9-6-10-22-14/h4-10,15-16,19H,3H2,1-2H3. The van der Waals surface area contributed by atoms with E-state index in [0.717, 1.165) is 11.4 Å². The second-order valence-corrected chi connectivity index (χ2v) is 5.14. The predicted octanol–water partition coefficient (Wildman–Crippen LogP) is 3.72. The normalized spacial score (nSPS) is 20.4. The largest absolute Gasteiger partial charge is 0.467 e. The molecule has 2 aromatic rings. The van der Waals surface area contributed by atoms with Crippen molar-refractivity contribution >= 4 is 23.1 Å². The molecule has 2 atom stereocenters. The third kappa shape index (κ3) is 2.62. The number of furan rings is 1. The van der Waals surface area contributed by atoms with Crippen LogP contribution in [0, 0.1) is 5.92 Å². The Morgan fingerprint density at radius 2 is 2.14 bits per heavy atom. The van der Waals surface area contributed by atoms with Gasteiger partial charge in [0.15, 0.2) is 0 Å². The van der Waals surface area contributed by atoms with Crippen LogP contribution in [-0.4, -0.2) is 18.3 Å². The van der Waals surface area contributed by atoms with Gasteiger partial charge < -0.3 is 14.5 Å². The van der Waals surface area contributed by atoms with E-state index in [2.05, 4.69) is 10.3 Å². The Morgan fingerprint density at radius 3 is 2.86 bits per heavy atom. The Hall–Kier alpha value is -2.56. The molecule has 5 heteroatoms. The van der Waals surface area contributed by atoms with Gasteiger partial charge in [0.25, 0.3) is 0 Å². The molecule has 0 aliphatic carbocycles. The molecule has 1 aliphatic heterocycles. The summed E-state index contributed by atoms with van der Waals surface area (Å²) in [4.78, 5) is 17.0. The monoisotopic (exact) mass is 298 g/mol. The molecule has 1 aromatic carbocycles. The summed E-state index contributed by atoms with van der Waals surface area (Å²) in [5.41, 5.74) is 2.38. The van der Waals surface area contributed by atoms with Gasteiger partial charge in [-0.3, -0.25) is 9.79 Å². The van der Waals surface area contributed by atoms with Crippen LogP contribution in [0.25, 0.3) is 0 Å². The molecule has 5 nitrogen and oxygen atoms in total. The Labute approximate surface area is 129 Å². The van der Waals surface area contributed by atoms with E-state index in [9.17, 15) is 4.79 Å². The summed E-state index contributed by atoms with van der Waals surface area (Å²) < 4.78 is 10.8. The molecule has 1 N–H and O–H groups in total. The first kappa shape index (κ1) is 14.4. The number of fused-ring (bicyclic) bond motifs is 1. The van der Waals surface area contributed by atoms with Gasteiger partial charge in [-0.25, -0.2) is 0 Å². The molecule has 0 amide bonds. The lowest BCUT2D eigenvalue weighted by atomic mass is 9.93. The Morgan fingerprint density at radius 1 is 1.32 bits per heavy atom. The van der Waals surface area contributed by atoms with E-state index in [0.29, 0.717) is 18.1 Å². The van der Waals surface area contributed by atoms with Crippen LogP contribution in [0.15, 0.2) is 52.1 Å². The summed E-state index contributed by atoms with van der Waals surface area (Å²) in [6.07, 6.45) is 1.60. The second kappa shape index (κ2) is 6.05. The van der Waals surface area contributed by atoms with E-state index in [1.807, 2.05) is 43.3 Å². The first-order valence-electron chi connectivity index (χ1n) is 7.31. The van der Waals surface area contributed by atoms with Crippen molar-refractivity contribution in [2.45, 2.75) is 19.9 Å². The lowest BCUT2D eigenvalue weighted by molar-refractivity contribution is -0.146. The fourth-order valence-corrected chi connectivity index (χ4v) is 2.69. The first-order chi connectivity index (χ1) is 10.7. The van der Waals surface area contributed by atoms with E-state index in [1.165, 1.54) is 0 Å².